The molecule has 0 spiro atoms. The Kier molecular flexibility index (Phi) is 1.22. The molecule has 2 aromatic rings. The number of fused-ring (bicyclic) bond motifs is 1. The fourth-order valence-electron chi connectivity index (χ4n) is 0.946. The van der Waals surface area contributed by atoms with E-state index in [9.17, 15) is 10.2 Å². The van der Waals surface area contributed by atoms with Crippen molar-refractivity contribution in [1.29, 1.82) is 0 Å². The summed E-state index contributed by atoms with van der Waals surface area (Å²) in [7, 11) is 0. The normalized spacial score (nSPS) is 10.5. The van der Waals surface area contributed by atoms with Crippen molar-refractivity contribution >= 4 is 16.2 Å². The minimum absolute atomic E-state index is 0.154. The van der Waals surface area contributed by atoms with Gasteiger partial charge >= 0.3 is 10.7 Å². The van der Waals surface area contributed by atoms with Crippen molar-refractivity contribution in [1.82, 2.24) is 0 Å². The van der Waals surface area contributed by atoms with Gasteiger partial charge in [-0.05, 0) is 6.07 Å². The first-order chi connectivity index (χ1) is 5.29. The van der Waals surface area contributed by atoms with Crippen molar-refractivity contribution in [3.8, 4) is 11.6 Å². The second-order valence-electron chi connectivity index (χ2n) is 2.16. The number of rotatable bonds is 0. The maximum Gasteiger partial charge on any atom is 0.382 e. The Hall–Kier alpha value is -1.29. The molecule has 0 amide bonds. The van der Waals surface area contributed by atoms with Gasteiger partial charge in [-0.3, -0.25) is 0 Å². The van der Waals surface area contributed by atoms with Gasteiger partial charge in [-0.15, -0.1) is 4.40 Å². The molecule has 0 bridgehead atoms. The molecule has 3 nitrogen and oxygen atoms in total. The SMILES string of the molecule is Oc1ccc[n+]2c(O)csc12. The van der Waals surface area contributed by atoms with Crippen LogP contribution >= 0.6 is 11.3 Å². The summed E-state index contributed by atoms with van der Waals surface area (Å²) in [6.45, 7) is 0. The van der Waals surface area contributed by atoms with Gasteiger partial charge in [0.25, 0.3) is 0 Å². The van der Waals surface area contributed by atoms with Gasteiger partial charge in [-0.1, -0.05) is 11.3 Å². The van der Waals surface area contributed by atoms with E-state index < -0.39 is 0 Å². The molecular weight excluding hydrogens is 162 g/mol. The fraction of sp³-hybridized carbons (Fsp3) is 0. The molecule has 0 aromatic carbocycles. The van der Waals surface area contributed by atoms with Crippen LogP contribution in [0.25, 0.3) is 4.83 Å². The highest BCUT2D eigenvalue weighted by molar-refractivity contribution is 7.15. The van der Waals surface area contributed by atoms with Crippen LogP contribution in [0.2, 0.25) is 0 Å². The van der Waals surface area contributed by atoms with E-state index in [1.165, 1.54) is 15.7 Å². The van der Waals surface area contributed by atoms with E-state index in [4.69, 9.17) is 0 Å². The van der Waals surface area contributed by atoms with E-state index in [1.807, 2.05) is 0 Å². The van der Waals surface area contributed by atoms with Gasteiger partial charge in [0.1, 0.15) is 5.38 Å². The lowest BCUT2D eigenvalue weighted by molar-refractivity contribution is -0.518. The Morgan fingerprint density at radius 3 is 2.91 bits per heavy atom. The van der Waals surface area contributed by atoms with Crippen molar-refractivity contribution in [3.05, 3.63) is 23.7 Å². The van der Waals surface area contributed by atoms with Crippen molar-refractivity contribution in [2.24, 2.45) is 0 Å². The quantitative estimate of drug-likeness (QED) is 0.574. The topological polar surface area (TPSA) is 44.6 Å². The Balaban J connectivity index is 2.94. The summed E-state index contributed by atoms with van der Waals surface area (Å²) in [5.41, 5.74) is 0. The minimum atomic E-state index is 0.154. The van der Waals surface area contributed by atoms with Crippen LogP contribution < -0.4 is 4.40 Å². The van der Waals surface area contributed by atoms with Gasteiger partial charge < -0.3 is 10.2 Å². The van der Waals surface area contributed by atoms with Gasteiger partial charge in [-0.25, -0.2) is 0 Å². The second-order valence-corrected chi connectivity index (χ2v) is 3.02. The van der Waals surface area contributed by atoms with E-state index in [0.29, 0.717) is 4.83 Å². The standard InChI is InChI=1S/C7H5NO2S/c9-5-2-1-3-8-6(10)4-11-7(5)8/h1-4H,(H-,9,10)/p+1. The van der Waals surface area contributed by atoms with Gasteiger partial charge in [0, 0.05) is 6.07 Å². The molecular formula is C7H6NO2S+. The molecule has 2 aromatic heterocycles. The molecule has 0 saturated heterocycles. The maximum absolute atomic E-state index is 9.26. The predicted molar refractivity (Wildman–Crippen MR) is 40.8 cm³/mol. The average molecular weight is 168 g/mol. The summed E-state index contributed by atoms with van der Waals surface area (Å²) >= 11 is 1.30. The first kappa shape index (κ1) is 6.42. The van der Waals surface area contributed by atoms with Crippen molar-refractivity contribution in [2.45, 2.75) is 0 Å². The summed E-state index contributed by atoms with van der Waals surface area (Å²) in [6, 6.07) is 3.26. The summed E-state index contributed by atoms with van der Waals surface area (Å²) in [6.07, 6.45) is 1.70. The van der Waals surface area contributed by atoms with Gasteiger partial charge in [0.2, 0.25) is 5.75 Å². The highest BCUT2D eigenvalue weighted by Gasteiger charge is 2.13. The maximum atomic E-state index is 9.26. The van der Waals surface area contributed by atoms with Crippen LogP contribution in [0, 0.1) is 0 Å². The highest BCUT2D eigenvalue weighted by atomic mass is 32.1. The fourth-order valence-corrected chi connectivity index (χ4v) is 1.73. The lowest BCUT2D eigenvalue weighted by Gasteiger charge is -1.85. The minimum Gasteiger partial charge on any atom is -0.502 e. The Morgan fingerprint density at radius 1 is 1.36 bits per heavy atom. The molecule has 0 radical (unpaired) electrons. The van der Waals surface area contributed by atoms with Crippen LogP contribution in [-0.2, 0) is 0 Å². The predicted octanol–water partition coefficient (Wildman–Crippen LogP) is 0.898. The number of hydrogen-bond acceptors (Lipinski definition) is 3. The molecule has 11 heavy (non-hydrogen) atoms. The first-order valence-electron chi connectivity index (χ1n) is 3.09. The molecule has 0 saturated carbocycles. The van der Waals surface area contributed by atoms with E-state index in [0.717, 1.165) is 0 Å². The zero-order valence-corrected chi connectivity index (χ0v) is 6.38. The molecule has 0 unspecified atom stereocenters. The Labute approximate surface area is 66.8 Å². The molecule has 2 heterocycles. The number of aromatic nitrogens is 1. The zero-order chi connectivity index (χ0) is 7.84. The van der Waals surface area contributed by atoms with E-state index in [-0.39, 0.29) is 11.6 Å². The van der Waals surface area contributed by atoms with Crippen LogP contribution in [0.4, 0.5) is 0 Å². The number of thiazole rings is 1. The van der Waals surface area contributed by atoms with Crippen LogP contribution in [0.1, 0.15) is 0 Å². The molecule has 4 heteroatoms. The lowest BCUT2D eigenvalue weighted by atomic mass is 10.4. The zero-order valence-electron chi connectivity index (χ0n) is 5.56. The molecule has 2 rings (SSSR count). The number of hydrogen-bond donors (Lipinski definition) is 2. The summed E-state index contributed by atoms with van der Waals surface area (Å²) < 4.78 is 1.53. The smallest absolute Gasteiger partial charge is 0.382 e. The number of aromatic hydroxyl groups is 2. The van der Waals surface area contributed by atoms with Crippen LogP contribution in [-0.4, -0.2) is 10.2 Å². The second kappa shape index (κ2) is 2.10. The summed E-state index contributed by atoms with van der Waals surface area (Å²) in [5, 5.41) is 20.0. The Bertz CT molecular complexity index is 396. The third kappa shape index (κ3) is 0.832. The van der Waals surface area contributed by atoms with Gasteiger partial charge in [0.15, 0.2) is 6.20 Å². The van der Waals surface area contributed by atoms with Crippen LogP contribution in [0.5, 0.6) is 11.6 Å². The van der Waals surface area contributed by atoms with Gasteiger partial charge in [-0.2, -0.15) is 0 Å². The van der Waals surface area contributed by atoms with Crippen molar-refractivity contribution in [3.63, 3.8) is 0 Å². The average Bonchev–Trinajstić information content (AvgIpc) is 2.35. The molecule has 0 aliphatic heterocycles. The number of nitrogens with zero attached hydrogens (tertiary/aromatic N) is 1. The van der Waals surface area contributed by atoms with E-state index in [2.05, 4.69) is 0 Å². The van der Waals surface area contributed by atoms with Crippen LogP contribution in [0.3, 0.4) is 0 Å². The molecule has 0 aliphatic carbocycles. The summed E-state index contributed by atoms with van der Waals surface area (Å²) in [4.78, 5) is 0.657. The number of pyridine rings is 1. The molecule has 0 atom stereocenters. The molecule has 56 valence electrons. The lowest BCUT2D eigenvalue weighted by Crippen LogP contribution is -2.16. The third-order valence-electron chi connectivity index (χ3n) is 1.45. The molecule has 0 fully saturated rings. The monoisotopic (exact) mass is 168 g/mol. The molecule has 0 aliphatic rings. The largest absolute Gasteiger partial charge is 0.502 e. The molecule has 2 N–H and O–H groups in total. The first-order valence-corrected chi connectivity index (χ1v) is 3.97. The third-order valence-corrected chi connectivity index (χ3v) is 2.41. The highest BCUT2D eigenvalue weighted by Crippen LogP contribution is 2.21. The van der Waals surface area contributed by atoms with Crippen LogP contribution in [0.15, 0.2) is 23.7 Å². The van der Waals surface area contributed by atoms with Crippen molar-refractivity contribution < 1.29 is 14.6 Å². The van der Waals surface area contributed by atoms with Gasteiger partial charge in [0.05, 0.1) is 0 Å². The van der Waals surface area contributed by atoms with Crippen molar-refractivity contribution in [2.75, 3.05) is 0 Å². The summed E-state index contributed by atoms with van der Waals surface area (Å²) in [5.74, 6) is 0.346. The Morgan fingerprint density at radius 2 is 2.18 bits per heavy atom. The van der Waals surface area contributed by atoms with E-state index in [1.54, 1.807) is 23.7 Å². The van der Waals surface area contributed by atoms with E-state index >= 15 is 0 Å².